The molecule has 0 amide bonds. The number of hydrogen-bond donors (Lipinski definition) is 0. The van der Waals surface area contributed by atoms with E-state index in [0.717, 1.165) is 12.1 Å². The van der Waals surface area contributed by atoms with E-state index in [9.17, 15) is 0 Å². The first-order valence-corrected chi connectivity index (χ1v) is 11.2. The van der Waals surface area contributed by atoms with Crippen LogP contribution in [-0.2, 0) is 15.7 Å². The number of rotatable bonds is 3. The monoisotopic (exact) mass is 311 g/mol. The zero-order valence-electron chi connectivity index (χ0n) is 13.5. The molecule has 1 saturated heterocycles. The Morgan fingerprint density at radius 2 is 1.77 bits per heavy atom. The Morgan fingerprint density at radius 3 is 2.55 bits per heavy atom. The summed E-state index contributed by atoms with van der Waals surface area (Å²) in [5.74, 6) is -0.593. The fourth-order valence-electron chi connectivity index (χ4n) is 3.32. The van der Waals surface area contributed by atoms with Crippen LogP contribution in [0.3, 0.4) is 0 Å². The lowest BCUT2D eigenvalue weighted by Crippen LogP contribution is -2.34. The molecule has 1 aliphatic carbocycles. The first-order chi connectivity index (χ1) is 10.4. The normalized spacial score (nSPS) is 22.5. The van der Waals surface area contributed by atoms with Crippen molar-refractivity contribution in [1.82, 2.24) is 0 Å². The van der Waals surface area contributed by atoms with E-state index in [0.29, 0.717) is 0 Å². The van der Waals surface area contributed by atoms with Crippen LogP contribution in [0.25, 0.3) is 11.1 Å². The highest BCUT2D eigenvalue weighted by molar-refractivity contribution is 6.69. The molecule has 1 fully saturated rings. The van der Waals surface area contributed by atoms with Gasteiger partial charge in [-0.3, -0.25) is 0 Å². The zero-order valence-corrected chi connectivity index (χ0v) is 14.5. The number of fused-ring (bicyclic) bond motifs is 3. The van der Waals surface area contributed by atoms with Crippen LogP contribution in [0, 0.1) is 0 Å². The van der Waals surface area contributed by atoms with E-state index in [-0.39, 0.29) is 0 Å². The summed E-state index contributed by atoms with van der Waals surface area (Å²) in [7, 11) is -1.64. The second-order valence-electron chi connectivity index (χ2n) is 7.17. The average Bonchev–Trinajstić information content (AvgIpc) is 2.94. The minimum Gasteiger partial charge on any atom is -0.372 e. The van der Waals surface area contributed by atoms with Crippen molar-refractivity contribution in [1.29, 1.82) is 0 Å². The lowest BCUT2D eigenvalue weighted by atomic mass is 10.1. The summed E-state index contributed by atoms with van der Waals surface area (Å²) >= 11 is 0. The second kappa shape index (κ2) is 4.44. The van der Waals surface area contributed by atoms with Gasteiger partial charge in [0.05, 0.1) is 5.69 Å². The molecule has 0 N–H and O–H groups in total. The first kappa shape index (κ1) is 14.0. The van der Waals surface area contributed by atoms with Gasteiger partial charge in [0.15, 0.2) is 8.32 Å². The highest BCUT2D eigenvalue weighted by atomic mass is 28.4. The van der Waals surface area contributed by atoms with Gasteiger partial charge in [-0.25, -0.2) is 4.84 Å². The van der Waals surface area contributed by atoms with Crippen molar-refractivity contribution >= 4 is 14.0 Å². The van der Waals surface area contributed by atoms with Gasteiger partial charge in [0, 0.05) is 6.92 Å². The van der Waals surface area contributed by atoms with Crippen molar-refractivity contribution in [3.05, 3.63) is 53.6 Å². The summed E-state index contributed by atoms with van der Waals surface area (Å²) in [5.41, 5.74) is 6.55. The fraction of sp³-hybridized carbons (Fsp3) is 0.333. The Morgan fingerprint density at radius 1 is 1.05 bits per heavy atom. The smallest absolute Gasteiger partial charge is 0.285 e. The molecule has 1 aliphatic heterocycles. The van der Waals surface area contributed by atoms with Crippen LogP contribution in [-0.4, -0.2) is 14.2 Å². The quantitative estimate of drug-likeness (QED) is 0.524. The number of benzene rings is 2. The van der Waals surface area contributed by atoms with E-state index >= 15 is 0 Å². The van der Waals surface area contributed by atoms with Gasteiger partial charge in [-0.05, 0) is 60.4 Å². The minimum absolute atomic E-state index is 0.593. The minimum atomic E-state index is -1.64. The van der Waals surface area contributed by atoms with Crippen LogP contribution in [0.2, 0.25) is 19.6 Å². The second-order valence-corrected chi connectivity index (χ2v) is 11.6. The van der Waals surface area contributed by atoms with E-state index in [1.54, 1.807) is 0 Å². The third-order valence-corrected chi connectivity index (χ3v) is 5.10. The molecule has 1 atom stereocenters. The lowest BCUT2D eigenvalue weighted by Gasteiger charge is -2.20. The van der Waals surface area contributed by atoms with Crippen LogP contribution in [0.15, 0.2) is 42.5 Å². The molecule has 1 heterocycles. The number of hydroxylamine groups is 1. The van der Waals surface area contributed by atoms with E-state index in [4.69, 9.17) is 9.26 Å². The molecular formula is C18H21NO2Si. The predicted octanol–water partition coefficient (Wildman–Crippen LogP) is 4.53. The molecule has 2 aromatic carbocycles. The maximum absolute atomic E-state index is 6.13. The third-order valence-electron chi connectivity index (χ3n) is 4.10. The Kier molecular flexibility index (Phi) is 2.83. The molecule has 2 aliphatic rings. The number of nitrogens with zero attached hydrogens (tertiary/aromatic N) is 1. The standard InChI is InChI=1S/C18H21NO2Si/c1-18(21-22(2,3)4)19(20-18)15-9-10-17-14(12-15)11-13-7-5-6-8-16(13)17/h5-10,12H,11H2,1-4H3. The molecule has 0 aromatic heterocycles. The summed E-state index contributed by atoms with van der Waals surface area (Å²) < 4.78 is 6.13. The van der Waals surface area contributed by atoms with Crippen LogP contribution >= 0.6 is 0 Å². The molecule has 22 heavy (non-hydrogen) atoms. The van der Waals surface area contributed by atoms with Crippen molar-refractivity contribution in [3.63, 3.8) is 0 Å². The maximum Gasteiger partial charge on any atom is 0.285 e. The molecule has 0 bridgehead atoms. The van der Waals surface area contributed by atoms with Gasteiger partial charge in [0.25, 0.3) is 5.91 Å². The molecule has 0 spiro atoms. The lowest BCUT2D eigenvalue weighted by molar-refractivity contribution is 0.0730. The molecule has 4 rings (SSSR count). The molecule has 3 nitrogen and oxygen atoms in total. The summed E-state index contributed by atoms with van der Waals surface area (Å²) in [6, 6.07) is 15.2. The van der Waals surface area contributed by atoms with E-state index < -0.39 is 14.2 Å². The van der Waals surface area contributed by atoms with E-state index in [1.165, 1.54) is 22.3 Å². The SMILES string of the molecule is CC1(O[Si](C)(C)C)ON1c1ccc2c(c1)Cc1ccccc1-2. The Balaban J connectivity index is 1.61. The predicted molar refractivity (Wildman–Crippen MR) is 91.1 cm³/mol. The van der Waals surface area contributed by atoms with Gasteiger partial charge < -0.3 is 4.43 Å². The highest BCUT2D eigenvalue weighted by Gasteiger charge is 2.55. The highest BCUT2D eigenvalue weighted by Crippen LogP contribution is 2.45. The average molecular weight is 311 g/mol. The van der Waals surface area contributed by atoms with Gasteiger partial charge in [-0.2, -0.15) is 5.06 Å². The molecule has 4 heteroatoms. The van der Waals surface area contributed by atoms with Crippen LogP contribution in [0.4, 0.5) is 5.69 Å². The summed E-state index contributed by atoms with van der Waals surface area (Å²) in [6.45, 7) is 8.53. The van der Waals surface area contributed by atoms with Gasteiger partial charge >= 0.3 is 0 Å². The van der Waals surface area contributed by atoms with E-state index in [2.05, 4.69) is 62.1 Å². The molecule has 2 aromatic rings. The van der Waals surface area contributed by atoms with Gasteiger partial charge in [0.2, 0.25) is 0 Å². The Bertz CT molecular complexity index is 753. The third kappa shape index (κ3) is 2.28. The molecule has 114 valence electrons. The summed E-state index contributed by atoms with van der Waals surface area (Å²) in [6.07, 6.45) is 0.999. The zero-order chi connectivity index (χ0) is 15.5. The number of hydrogen-bond acceptors (Lipinski definition) is 3. The molecule has 1 unspecified atom stereocenters. The molecular weight excluding hydrogens is 290 g/mol. The maximum atomic E-state index is 6.13. The Labute approximate surface area is 132 Å². The van der Waals surface area contributed by atoms with Crippen molar-refractivity contribution in [2.24, 2.45) is 0 Å². The van der Waals surface area contributed by atoms with Crippen LogP contribution in [0.5, 0.6) is 0 Å². The number of anilines is 1. The van der Waals surface area contributed by atoms with Crippen LogP contribution < -0.4 is 5.06 Å². The topological polar surface area (TPSA) is 24.8 Å². The van der Waals surface area contributed by atoms with E-state index in [1.807, 2.05) is 12.0 Å². The largest absolute Gasteiger partial charge is 0.372 e. The van der Waals surface area contributed by atoms with Gasteiger partial charge in [-0.15, -0.1) is 0 Å². The van der Waals surface area contributed by atoms with Crippen molar-refractivity contribution in [3.8, 4) is 11.1 Å². The van der Waals surface area contributed by atoms with Gasteiger partial charge in [0.1, 0.15) is 0 Å². The molecule has 0 radical (unpaired) electrons. The van der Waals surface area contributed by atoms with Crippen LogP contribution in [0.1, 0.15) is 18.1 Å². The summed E-state index contributed by atoms with van der Waals surface area (Å²) in [4.78, 5) is 5.75. The van der Waals surface area contributed by atoms with Crippen molar-refractivity contribution in [2.75, 3.05) is 5.06 Å². The molecule has 0 saturated carbocycles. The van der Waals surface area contributed by atoms with Crippen molar-refractivity contribution < 1.29 is 9.26 Å². The first-order valence-electron chi connectivity index (χ1n) is 7.76. The van der Waals surface area contributed by atoms with Crippen molar-refractivity contribution in [2.45, 2.75) is 38.9 Å². The summed E-state index contributed by atoms with van der Waals surface area (Å²) in [5, 5.41) is 1.88. The Hall–Kier alpha value is -1.62. The fourth-order valence-corrected chi connectivity index (χ4v) is 4.58. The van der Waals surface area contributed by atoms with Gasteiger partial charge in [-0.1, -0.05) is 30.3 Å².